The molecule has 0 radical (unpaired) electrons. The first-order chi connectivity index (χ1) is 17.3. The maximum Gasteiger partial charge on any atom is 0.343 e. The Morgan fingerprint density at radius 1 is 0.806 bits per heavy atom. The smallest absolute Gasteiger partial charge is 0.343 e. The van der Waals surface area contributed by atoms with Crippen LogP contribution in [0.5, 0.6) is 0 Å². The predicted octanol–water partition coefficient (Wildman–Crippen LogP) is 7.25. The molecule has 1 aliphatic heterocycles. The quantitative estimate of drug-likeness (QED) is 0.194. The van der Waals surface area contributed by atoms with Crippen LogP contribution in [0.3, 0.4) is 0 Å². The van der Waals surface area contributed by atoms with E-state index in [4.69, 9.17) is 16.0 Å². The number of anilines is 2. The molecule has 178 valence electrons. The minimum atomic E-state index is -0.748. The Hall–Kier alpha value is -3.94. The van der Waals surface area contributed by atoms with Gasteiger partial charge in [-0.25, -0.2) is 14.6 Å². The Bertz CT molecular complexity index is 1530. The van der Waals surface area contributed by atoms with E-state index >= 15 is 0 Å². The average molecular weight is 562 g/mol. The number of benzene rings is 3. The summed E-state index contributed by atoms with van der Waals surface area (Å²) >= 11 is 9.56. The summed E-state index contributed by atoms with van der Waals surface area (Å²) in [7, 11) is 0. The molecule has 4 amide bonds. The zero-order chi connectivity index (χ0) is 25.4. The number of rotatable bonds is 4. The summed E-state index contributed by atoms with van der Waals surface area (Å²) in [6, 6.07) is 23.4. The molecule has 0 saturated carbocycles. The summed E-state index contributed by atoms with van der Waals surface area (Å²) in [4.78, 5) is 42.4. The molecule has 3 aromatic carbocycles. The van der Waals surface area contributed by atoms with Crippen LogP contribution >= 0.6 is 27.5 Å². The summed E-state index contributed by atoms with van der Waals surface area (Å²) in [5, 5.41) is 0.521. The number of para-hydroxylation sites is 1. The molecule has 1 saturated heterocycles. The highest BCUT2D eigenvalue weighted by molar-refractivity contribution is 9.10. The van der Waals surface area contributed by atoms with Crippen LogP contribution in [0.25, 0.3) is 17.4 Å². The van der Waals surface area contributed by atoms with Crippen molar-refractivity contribution in [3.05, 3.63) is 111 Å². The van der Waals surface area contributed by atoms with Gasteiger partial charge < -0.3 is 4.42 Å². The molecule has 8 heteroatoms. The summed E-state index contributed by atoms with van der Waals surface area (Å²) in [6.07, 6.45) is 1.36. The van der Waals surface area contributed by atoms with Crippen molar-refractivity contribution < 1.29 is 18.8 Å². The van der Waals surface area contributed by atoms with Crippen molar-refractivity contribution in [3.8, 4) is 11.3 Å². The van der Waals surface area contributed by atoms with Crippen molar-refractivity contribution in [2.24, 2.45) is 0 Å². The summed E-state index contributed by atoms with van der Waals surface area (Å²) < 4.78 is 6.66. The number of carbonyl (C=O) groups excluding carboxylic acids is 3. The monoisotopic (exact) mass is 560 g/mol. The number of hydrogen-bond acceptors (Lipinski definition) is 4. The van der Waals surface area contributed by atoms with Crippen molar-refractivity contribution >= 4 is 62.8 Å². The molecule has 1 aliphatic rings. The number of hydrogen-bond donors (Lipinski definition) is 0. The molecule has 0 unspecified atom stereocenters. The summed E-state index contributed by atoms with van der Waals surface area (Å²) in [5.41, 5.74) is 2.22. The molecule has 0 bridgehead atoms. The number of amides is 4. The third-order valence-electron chi connectivity index (χ3n) is 5.67. The Kier molecular flexibility index (Phi) is 6.35. The van der Waals surface area contributed by atoms with Crippen molar-refractivity contribution in [3.63, 3.8) is 0 Å². The highest BCUT2D eigenvalue weighted by atomic mass is 79.9. The third-order valence-corrected chi connectivity index (χ3v) is 6.91. The molecule has 0 atom stereocenters. The van der Waals surface area contributed by atoms with E-state index in [1.807, 2.05) is 13.0 Å². The number of carbonyl (C=O) groups is 3. The zero-order valence-electron chi connectivity index (χ0n) is 18.9. The fourth-order valence-electron chi connectivity index (χ4n) is 3.83. The van der Waals surface area contributed by atoms with Crippen LogP contribution in [0.4, 0.5) is 16.2 Å². The van der Waals surface area contributed by atoms with Gasteiger partial charge in [-0.05, 0) is 77.5 Å². The van der Waals surface area contributed by atoms with Crippen molar-refractivity contribution in [1.29, 1.82) is 0 Å². The van der Waals surface area contributed by atoms with Gasteiger partial charge in [0, 0.05) is 10.0 Å². The van der Waals surface area contributed by atoms with E-state index in [1.54, 1.807) is 78.9 Å². The highest BCUT2D eigenvalue weighted by Crippen LogP contribution is 2.32. The fraction of sp³-hybridized carbons (Fsp3) is 0.0357. The largest absolute Gasteiger partial charge is 0.457 e. The maximum atomic E-state index is 13.5. The number of imide groups is 2. The molecule has 1 aromatic heterocycles. The molecule has 1 fully saturated rings. The van der Waals surface area contributed by atoms with E-state index in [1.165, 1.54) is 6.08 Å². The van der Waals surface area contributed by atoms with Gasteiger partial charge in [-0.3, -0.25) is 9.59 Å². The molecule has 36 heavy (non-hydrogen) atoms. The molecule has 6 nitrogen and oxygen atoms in total. The molecule has 5 rings (SSSR count). The molecular formula is C28H18BrClN2O4. The number of barbiturate groups is 1. The standard InChI is InChI=1S/C28H18BrClN2O4/c1-17-7-10-20(11-8-17)32-27(34)22(26(33)31(28(32)35)19-5-3-2-4-6-19)16-21-12-14-25(36-21)18-9-13-23(29)24(30)15-18/h2-16H,1H3/b22-16+. The Morgan fingerprint density at radius 2 is 1.44 bits per heavy atom. The van der Waals surface area contributed by atoms with E-state index in [0.717, 1.165) is 25.4 Å². The second-order valence-corrected chi connectivity index (χ2v) is 9.39. The molecule has 0 N–H and O–H groups in total. The number of aryl methyl sites for hydroxylation is 1. The minimum Gasteiger partial charge on any atom is -0.457 e. The Morgan fingerprint density at radius 3 is 2.08 bits per heavy atom. The first kappa shape index (κ1) is 23.8. The molecule has 4 aromatic rings. The van der Waals surface area contributed by atoms with Gasteiger partial charge in [0.25, 0.3) is 11.8 Å². The van der Waals surface area contributed by atoms with Crippen molar-refractivity contribution in [1.82, 2.24) is 0 Å². The minimum absolute atomic E-state index is 0.200. The second kappa shape index (κ2) is 9.60. The normalized spacial score (nSPS) is 15.2. The number of furan rings is 1. The summed E-state index contributed by atoms with van der Waals surface area (Å²) in [6.45, 7) is 1.90. The average Bonchev–Trinajstić information content (AvgIpc) is 3.34. The van der Waals surface area contributed by atoms with Crippen LogP contribution in [-0.4, -0.2) is 17.8 Å². The second-order valence-electron chi connectivity index (χ2n) is 8.12. The first-order valence-corrected chi connectivity index (χ1v) is 12.1. The Labute approximate surface area is 220 Å². The highest BCUT2D eigenvalue weighted by Gasteiger charge is 2.43. The van der Waals surface area contributed by atoms with Crippen LogP contribution in [0.1, 0.15) is 11.3 Å². The zero-order valence-corrected chi connectivity index (χ0v) is 21.3. The van der Waals surface area contributed by atoms with E-state index < -0.39 is 17.8 Å². The van der Waals surface area contributed by atoms with Gasteiger partial charge in [-0.2, -0.15) is 0 Å². The van der Waals surface area contributed by atoms with Gasteiger partial charge in [-0.1, -0.05) is 53.6 Å². The lowest BCUT2D eigenvalue weighted by Crippen LogP contribution is -2.57. The van der Waals surface area contributed by atoms with Gasteiger partial charge in [0.2, 0.25) is 0 Å². The van der Waals surface area contributed by atoms with Crippen LogP contribution in [0.15, 0.2) is 99.4 Å². The van der Waals surface area contributed by atoms with Crippen LogP contribution < -0.4 is 9.80 Å². The lowest BCUT2D eigenvalue weighted by atomic mass is 10.1. The van der Waals surface area contributed by atoms with E-state index in [0.29, 0.717) is 22.2 Å². The van der Waals surface area contributed by atoms with Gasteiger partial charge >= 0.3 is 6.03 Å². The molecule has 0 spiro atoms. The van der Waals surface area contributed by atoms with Crippen molar-refractivity contribution in [2.45, 2.75) is 6.92 Å². The number of halogens is 2. The van der Waals surface area contributed by atoms with Gasteiger partial charge in [0.1, 0.15) is 17.1 Å². The maximum absolute atomic E-state index is 13.5. The first-order valence-electron chi connectivity index (χ1n) is 10.9. The lowest BCUT2D eigenvalue weighted by molar-refractivity contribution is -0.121. The predicted molar refractivity (Wildman–Crippen MR) is 143 cm³/mol. The van der Waals surface area contributed by atoms with E-state index in [-0.39, 0.29) is 11.3 Å². The lowest BCUT2D eigenvalue weighted by Gasteiger charge is -2.33. The topological polar surface area (TPSA) is 70.8 Å². The van der Waals surface area contributed by atoms with Gasteiger partial charge in [0.15, 0.2) is 0 Å². The summed E-state index contributed by atoms with van der Waals surface area (Å²) in [5.74, 6) is -0.667. The van der Waals surface area contributed by atoms with Crippen LogP contribution in [0.2, 0.25) is 5.02 Å². The van der Waals surface area contributed by atoms with Crippen LogP contribution in [-0.2, 0) is 9.59 Å². The number of urea groups is 1. The fourth-order valence-corrected chi connectivity index (χ4v) is 4.26. The SMILES string of the molecule is Cc1ccc(N2C(=O)/C(=C/c3ccc(-c4ccc(Br)c(Cl)c4)o3)C(=O)N(c3ccccc3)C2=O)cc1. The third kappa shape index (κ3) is 4.39. The van der Waals surface area contributed by atoms with Gasteiger partial charge in [0.05, 0.1) is 16.4 Å². The molecular weight excluding hydrogens is 544 g/mol. The molecule has 2 heterocycles. The van der Waals surface area contributed by atoms with E-state index in [2.05, 4.69) is 15.9 Å². The number of nitrogens with zero attached hydrogens (tertiary/aromatic N) is 2. The Balaban J connectivity index is 1.58. The van der Waals surface area contributed by atoms with Gasteiger partial charge in [-0.15, -0.1) is 0 Å². The van der Waals surface area contributed by atoms with Crippen molar-refractivity contribution in [2.75, 3.05) is 9.80 Å². The molecule has 0 aliphatic carbocycles. The van der Waals surface area contributed by atoms with Crippen LogP contribution in [0, 0.1) is 6.92 Å². The van der Waals surface area contributed by atoms with E-state index in [9.17, 15) is 14.4 Å².